The van der Waals surface area contributed by atoms with E-state index in [-0.39, 0.29) is 6.04 Å². The van der Waals surface area contributed by atoms with Gasteiger partial charge in [-0.25, -0.2) is 9.97 Å². The van der Waals surface area contributed by atoms with Crippen LogP contribution < -0.4 is 15.5 Å². The van der Waals surface area contributed by atoms with E-state index in [9.17, 15) is 13.2 Å². The molecule has 1 fully saturated rings. The fraction of sp³-hybridized carbons (Fsp3) is 0.375. The van der Waals surface area contributed by atoms with E-state index in [1.165, 1.54) is 0 Å². The maximum Gasteiger partial charge on any atom is 0.419 e. The predicted octanol–water partition coefficient (Wildman–Crippen LogP) is 2.85. The molecule has 26 heavy (non-hydrogen) atoms. The number of thiocarbonyl (C=S) groups is 1. The minimum atomic E-state index is -4.42. The van der Waals surface area contributed by atoms with Crippen molar-refractivity contribution in [3.8, 4) is 0 Å². The van der Waals surface area contributed by atoms with E-state index < -0.39 is 11.7 Å². The van der Waals surface area contributed by atoms with E-state index in [4.69, 9.17) is 12.2 Å². The second-order valence-corrected chi connectivity index (χ2v) is 6.28. The summed E-state index contributed by atoms with van der Waals surface area (Å²) in [5.74, 6) is 0.313. The molecule has 3 heterocycles. The van der Waals surface area contributed by atoms with Gasteiger partial charge in [0.05, 0.1) is 17.4 Å². The molecule has 2 aromatic rings. The highest BCUT2D eigenvalue weighted by molar-refractivity contribution is 7.80. The molecule has 1 aliphatic heterocycles. The van der Waals surface area contributed by atoms with Crippen molar-refractivity contribution in [1.82, 2.24) is 20.3 Å². The first-order valence-corrected chi connectivity index (χ1v) is 8.44. The molecule has 1 aliphatic rings. The molecule has 0 amide bonds. The van der Waals surface area contributed by atoms with Gasteiger partial charge in [0.15, 0.2) is 5.11 Å². The minimum Gasteiger partial charge on any atom is -0.360 e. The summed E-state index contributed by atoms with van der Waals surface area (Å²) in [7, 11) is 0. The quantitative estimate of drug-likeness (QED) is 0.792. The highest BCUT2D eigenvalue weighted by atomic mass is 32.1. The van der Waals surface area contributed by atoms with Crippen LogP contribution in [0.25, 0.3) is 0 Å². The number of pyridine rings is 1. The van der Waals surface area contributed by atoms with E-state index in [0.29, 0.717) is 24.2 Å². The van der Waals surface area contributed by atoms with Crippen LogP contribution >= 0.6 is 12.2 Å². The third-order valence-corrected chi connectivity index (χ3v) is 4.22. The molecule has 0 aromatic carbocycles. The van der Waals surface area contributed by atoms with Gasteiger partial charge in [-0.2, -0.15) is 13.2 Å². The Hall–Kier alpha value is -2.49. The molecule has 2 N–H and O–H groups in total. The Morgan fingerprint density at radius 3 is 2.42 bits per heavy atom. The summed E-state index contributed by atoms with van der Waals surface area (Å²) in [6.07, 6.45) is 2.13. The fourth-order valence-corrected chi connectivity index (χ4v) is 2.93. The molecule has 10 heteroatoms. The van der Waals surface area contributed by atoms with Crippen molar-refractivity contribution >= 4 is 29.0 Å². The van der Waals surface area contributed by atoms with Crippen molar-refractivity contribution in [2.24, 2.45) is 0 Å². The maximum atomic E-state index is 12.6. The van der Waals surface area contributed by atoms with Crippen LogP contribution in [-0.2, 0) is 6.18 Å². The molecular formula is C16H17F3N6S. The summed E-state index contributed by atoms with van der Waals surface area (Å²) in [6, 6.07) is 3.86. The van der Waals surface area contributed by atoms with Crippen LogP contribution in [0.3, 0.4) is 0 Å². The van der Waals surface area contributed by atoms with Crippen molar-refractivity contribution in [3.63, 3.8) is 0 Å². The van der Waals surface area contributed by atoms with Crippen LogP contribution in [0.4, 0.5) is 24.8 Å². The molecule has 2 aromatic heterocycles. The summed E-state index contributed by atoms with van der Waals surface area (Å²) >= 11 is 5.29. The Balaban J connectivity index is 1.49. The van der Waals surface area contributed by atoms with Gasteiger partial charge in [0.2, 0.25) is 5.95 Å². The van der Waals surface area contributed by atoms with E-state index in [1.54, 1.807) is 12.4 Å². The molecule has 138 valence electrons. The lowest BCUT2D eigenvalue weighted by atomic mass is 10.1. The third-order valence-electron chi connectivity index (χ3n) is 4.00. The first kappa shape index (κ1) is 18.3. The zero-order valence-electron chi connectivity index (χ0n) is 13.7. The monoisotopic (exact) mass is 382 g/mol. The summed E-state index contributed by atoms with van der Waals surface area (Å²) in [4.78, 5) is 13.6. The van der Waals surface area contributed by atoms with Gasteiger partial charge in [0.1, 0.15) is 0 Å². The van der Waals surface area contributed by atoms with E-state index >= 15 is 0 Å². The smallest absolute Gasteiger partial charge is 0.360 e. The lowest BCUT2D eigenvalue weighted by molar-refractivity contribution is -0.138. The van der Waals surface area contributed by atoms with Crippen molar-refractivity contribution < 1.29 is 13.2 Å². The van der Waals surface area contributed by atoms with Gasteiger partial charge in [-0.3, -0.25) is 4.98 Å². The molecule has 0 radical (unpaired) electrons. The Labute approximate surface area is 153 Å². The Morgan fingerprint density at radius 2 is 1.85 bits per heavy atom. The number of alkyl halides is 3. The van der Waals surface area contributed by atoms with Gasteiger partial charge in [0, 0.05) is 37.7 Å². The van der Waals surface area contributed by atoms with Crippen molar-refractivity contribution in [2.75, 3.05) is 23.3 Å². The average Bonchev–Trinajstić information content (AvgIpc) is 2.62. The second-order valence-electron chi connectivity index (χ2n) is 5.87. The van der Waals surface area contributed by atoms with Gasteiger partial charge < -0.3 is 15.5 Å². The van der Waals surface area contributed by atoms with Gasteiger partial charge in [-0.1, -0.05) is 0 Å². The molecule has 0 bridgehead atoms. The van der Waals surface area contributed by atoms with Crippen LogP contribution in [0.2, 0.25) is 0 Å². The average molecular weight is 382 g/mol. The lowest BCUT2D eigenvalue weighted by Crippen LogP contribution is -2.46. The van der Waals surface area contributed by atoms with Gasteiger partial charge in [0.25, 0.3) is 0 Å². The number of hydrogen-bond donors (Lipinski definition) is 2. The lowest BCUT2D eigenvalue weighted by Gasteiger charge is -2.33. The number of nitrogens with one attached hydrogen (secondary N) is 2. The standard InChI is InChI=1S/C16H17F3N6S/c17-16(18,19)11-8-21-14(22-9-11)25-6-3-12(4-7-25)23-15(26)24-13-2-1-5-20-10-13/h1-2,5,8-10,12H,3-4,6-7H2,(H2,23,24,26). The van der Waals surface area contributed by atoms with Gasteiger partial charge >= 0.3 is 6.18 Å². The molecule has 0 spiro atoms. The van der Waals surface area contributed by atoms with Crippen LogP contribution in [0, 0.1) is 0 Å². The zero-order valence-corrected chi connectivity index (χ0v) is 14.5. The number of anilines is 2. The van der Waals surface area contributed by atoms with Crippen LogP contribution in [0.5, 0.6) is 0 Å². The largest absolute Gasteiger partial charge is 0.419 e. The third kappa shape index (κ3) is 4.78. The molecule has 0 unspecified atom stereocenters. The Kier molecular flexibility index (Phi) is 5.50. The maximum absolute atomic E-state index is 12.6. The summed E-state index contributed by atoms with van der Waals surface area (Å²) < 4.78 is 37.7. The summed E-state index contributed by atoms with van der Waals surface area (Å²) in [5, 5.41) is 6.83. The SMILES string of the molecule is FC(F)(F)c1cnc(N2CCC(NC(=S)Nc3cccnc3)CC2)nc1. The number of hydrogen-bond acceptors (Lipinski definition) is 5. The first-order valence-electron chi connectivity index (χ1n) is 8.03. The summed E-state index contributed by atoms with van der Waals surface area (Å²) in [5.41, 5.74) is -0.0368. The Bertz CT molecular complexity index is 730. The molecule has 1 saturated heterocycles. The molecule has 6 nitrogen and oxygen atoms in total. The van der Waals surface area contributed by atoms with Gasteiger partial charge in [-0.05, 0) is 37.2 Å². The number of aromatic nitrogens is 3. The number of halogens is 3. The highest BCUT2D eigenvalue weighted by Crippen LogP contribution is 2.28. The zero-order chi connectivity index (χ0) is 18.6. The molecule has 0 aliphatic carbocycles. The molecular weight excluding hydrogens is 365 g/mol. The van der Waals surface area contributed by atoms with Crippen molar-refractivity contribution in [2.45, 2.75) is 25.1 Å². The van der Waals surface area contributed by atoms with Gasteiger partial charge in [-0.15, -0.1) is 0 Å². The molecule has 0 atom stereocenters. The number of piperidine rings is 1. The van der Waals surface area contributed by atoms with E-state index in [0.717, 1.165) is 30.9 Å². The minimum absolute atomic E-state index is 0.178. The first-order chi connectivity index (χ1) is 12.4. The fourth-order valence-electron chi connectivity index (χ4n) is 2.64. The van der Waals surface area contributed by atoms with Crippen LogP contribution in [0.15, 0.2) is 36.9 Å². The van der Waals surface area contributed by atoms with E-state index in [1.807, 2.05) is 17.0 Å². The van der Waals surface area contributed by atoms with Crippen LogP contribution in [-0.4, -0.2) is 39.2 Å². The normalized spacial score (nSPS) is 15.6. The molecule has 3 rings (SSSR count). The second kappa shape index (κ2) is 7.81. The van der Waals surface area contributed by atoms with Crippen molar-refractivity contribution in [3.05, 3.63) is 42.5 Å². The summed E-state index contributed by atoms with van der Waals surface area (Å²) in [6.45, 7) is 1.27. The number of rotatable bonds is 3. The number of nitrogens with zero attached hydrogens (tertiary/aromatic N) is 4. The van der Waals surface area contributed by atoms with Crippen LogP contribution in [0.1, 0.15) is 18.4 Å². The predicted molar refractivity (Wildman–Crippen MR) is 95.9 cm³/mol. The topological polar surface area (TPSA) is 66.0 Å². The highest BCUT2D eigenvalue weighted by Gasteiger charge is 2.32. The van der Waals surface area contributed by atoms with Crippen molar-refractivity contribution in [1.29, 1.82) is 0 Å². The molecule has 0 saturated carbocycles. The van der Waals surface area contributed by atoms with E-state index in [2.05, 4.69) is 25.6 Å². The Morgan fingerprint density at radius 1 is 1.15 bits per heavy atom.